The van der Waals surface area contributed by atoms with E-state index in [0.717, 1.165) is 12.3 Å². The maximum atomic E-state index is 10.6. The summed E-state index contributed by atoms with van der Waals surface area (Å²) in [4.78, 5) is 13.0. The van der Waals surface area contributed by atoms with Crippen molar-refractivity contribution in [1.82, 2.24) is 4.90 Å². The summed E-state index contributed by atoms with van der Waals surface area (Å²) in [6.45, 7) is 14.9. The maximum absolute atomic E-state index is 10.6. The summed E-state index contributed by atoms with van der Waals surface area (Å²) >= 11 is 0. The molecule has 0 saturated carbocycles. The molecule has 0 aromatic heterocycles. The number of allylic oxidation sites excluding steroid dienone is 1. The zero-order chi connectivity index (χ0) is 18.9. The van der Waals surface area contributed by atoms with Gasteiger partial charge < -0.3 is 4.90 Å². The van der Waals surface area contributed by atoms with Crippen LogP contribution in [0.5, 0.6) is 0 Å². The quantitative estimate of drug-likeness (QED) is 0.644. The number of hydrogen-bond donors (Lipinski definition) is 0. The average molecular weight is 344 g/mol. The number of benzene rings is 1. The molecule has 1 unspecified atom stereocenters. The van der Waals surface area contributed by atoms with Gasteiger partial charge >= 0.3 is 0 Å². The standard InChI is InChI=1S/C16H25N.C7H12O/c1-16(2,3)15-8-6-5-7-14(15)11-13-9-10-17(4)12-13;1-3-5-7(8)6-4-2/h5-8,13H,9-12H2,1-4H3;3H,1,4-6H2,2H3. The average Bonchev–Trinajstić information content (AvgIpc) is 2.93. The number of carbonyl (C=O) groups is 1. The highest BCUT2D eigenvalue weighted by molar-refractivity contribution is 5.79. The normalized spacial score (nSPS) is 17.7. The first kappa shape index (κ1) is 21.6. The Hall–Kier alpha value is -1.41. The molecule has 0 amide bonds. The molecule has 140 valence electrons. The number of carbonyl (C=O) groups excluding carboxylic acids is 1. The highest BCUT2D eigenvalue weighted by Gasteiger charge is 2.23. The van der Waals surface area contributed by atoms with Crippen molar-refractivity contribution in [3.05, 3.63) is 48.0 Å². The van der Waals surface area contributed by atoms with Crippen LogP contribution in [0.2, 0.25) is 0 Å². The van der Waals surface area contributed by atoms with Gasteiger partial charge in [0.1, 0.15) is 5.78 Å². The van der Waals surface area contributed by atoms with Crippen molar-refractivity contribution in [2.24, 2.45) is 5.92 Å². The van der Waals surface area contributed by atoms with Crippen LogP contribution in [0, 0.1) is 5.92 Å². The van der Waals surface area contributed by atoms with E-state index >= 15 is 0 Å². The van der Waals surface area contributed by atoms with Crippen LogP contribution in [0.25, 0.3) is 0 Å². The molecular weight excluding hydrogens is 306 g/mol. The summed E-state index contributed by atoms with van der Waals surface area (Å²) in [5, 5.41) is 0. The van der Waals surface area contributed by atoms with Gasteiger partial charge in [-0.25, -0.2) is 0 Å². The lowest BCUT2D eigenvalue weighted by atomic mass is 9.81. The molecule has 2 heteroatoms. The van der Waals surface area contributed by atoms with E-state index in [2.05, 4.69) is 63.6 Å². The van der Waals surface area contributed by atoms with Crippen LogP contribution in [0.15, 0.2) is 36.9 Å². The number of hydrogen-bond acceptors (Lipinski definition) is 2. The molecule has 25 heavy (non-hydrogen) atoms. The van der Waals surface area contributed by atoms with Crippen LogP contribution in [0.4, 0.5) is 0 Å². The third-order valence-electron chi connectivity index (χ3n) is 4.72. The van der Waals surface area contributed by atoms with Crippen molar-refractivity contribution < 1.29 is 4.79 Å². The predicted molar refractivity (Wildman–Crippen MR) is 109 cm³/mol. The van der Waals surface area contributed by atoms with Crippen LogP contribution < -0.4 is 0 Å². The Morgan fingerprint density at radius 2 is 2.00 bits per heavy atom. The molecule has 0 radical (unpaired) electrons. The van der Waals surface area contributed by atoms with Crippen LogP contribution in [0.1, 0.15) is 64.5 Å². The second-order valence-corrected chi connectivity index (χ2v) is 8.31. The van der Waals surface area contributed by atoms with Gasteiger partial charge in [-0.05, 0) is 55.3 Å². The van der Waals surface area contributed by atoms with E-state index in [9.17, 15) is 4.79 Å². The van der Waals surface area contributed by atoms with Crippen LogP contribution in [0.3, 0.4) is 0 Å². The molecular formula is C23H37NO. The Balaban J connectivity index is 0.000000333. The molecule has 0 spiro atoms. The second-order valence-electron chi connectivity index (χ2n) is 8.31. The van der Waals surface area contributed by atoms with E-state index in [-0.39, 0.29) is 5.41 Å². The summed E-state index contributed by atoms with van der Waals surface area (Å²) in [7, 11) is 2.23. The fourth-order valence-corrected chi connectivity index (χ4v) is 3.48. The summed E-state index contributed by atoms with van der Waals surface area (Å²) in [5.74, 6) is 1.14. The zero-order valence-electron chi connectivity index (χ0n) is 17.0. The minimum Gasteiger partial charge on any atom is -0.306 e. The molecule has 1 aromatic carbocycles. The molecule has 2 rings (SSSR count). The van der Waals surface area contributed by atoms with E-state index in [4.69, 9.17) is 0 Å². The second kappa shape index (κ2) is 10.6. The van der Waals surface area contributed by atoms with Crippen LogP contribution in [-0.2, 0) is 16.6 Å². The summed E-state index contributed by atoms with van der Waals surface area (Å²) < 4.78 is 0. The number of Topliss-reactive ketones (excluding diaryl/α,β-unsaturated/α-hetero) is 1. The van der Waals surface area contributed by atoms with Crippen LogP contribution in [-0.4, -0.2) is 30.8 Å². The van der Waals surface area contributed by atoms with Gasteiger partial charge in [0.05, 0.1) is 0 Å². The van der Waals surface area contributed by atoms with E-state index in [1.54, 1.807) is 11.6 Å². The predicted octanol–water partition coefficient (Wildman–Crippen LogP) is 5.41. The Morgan fingerprint density at radius 3 is 2.52 bits per heavy atom. The minimum atomic E-state index is 0.265. The van der Waals surface area contributed by atoms with Crippen molar-refractivity contribution in [2.45, 2.75) is 65.2 Å². The van der Waals surface area contributed by atoms with Gasteiger partial charge in [-0.1, -0.05) is 58.0 Å². The molecule has 2 nitrogen and oxygen atoms in total. The van der Waals surface area contributed by atoms with Crippen molar-refractivity contribution >= 4 is 5.78 Å². The lowest BCUT2D eigenvalue weighted by Crippen LogP contribution is -2.18. The van der Waals surface area contributed by atoms with E-state index in [1.165, 1.54) is 31.5 Å². The highest BCUT2D eigenvalue weighted by atomic mass is 16.1. The number of likely N-dealkylation sites (tertiary alicyclic amines) is 1. The molecule has 0 N–H and O–H groups in total. The maximum Gasteiger partial charge on any atom is 0.136 e. The number of nitrogens with zero attached hydrogens (tertiary/aromatic N) is 1. The first-order valence-electron chi connectivity index (χ1n) is 9.67. The molecule has 1 heterocycles. The first-order chi connectivity index (χ1) is 11.8. The van der Waals surface area contributed by atoms with Crippen molar-refractivity contribution in [2.75, 3.05) is 20.1 Å². The fourth-order valence-electron chi connectivity index (χ4n) is 3.48. The Morgan fingerprint density at radius 1 is 1.32 bits per heavy atom. The van der Waals surface area contributed by atoms with Gasteiger partial charge in [0, 0.05) is 19.4 Å². The van der Waals surface area contributed by atoms with Crippen molar-refractivity contribution in [3.8, 4) is 0 Å². The zero-order valence-corrected chi connectivity index (χ0v) is 17.0. The Labute approximate surface area is 155 Å². The molecule has 1 saturated heterocycles. The van der Waals surface area contributed by atoms with Crippen LogP contribution >= 0.6 is 0 Å². The molecule has 1 atom stereocenters. The smallest absolute Gasteiger partial charge is 0.136 e. The van der Waals surface area contributed by atoms with E-state index < -0.39 is 0 Å². The molecule has 1 fully saturated rings. The van der Waals surface area contributed by atoms with Gasteiger partial charge in [0.15, 0.2) is 0 Å². The molecule has 1 aliphatic heterocycles. The lowest BCUT2D eigenvalue weighted by Gasteiger charge is -2.24. The monoisotopic (exact) mass is 343 g/mol. The fraction of sp³-hybridized carbons (Fsp3) is 0.609. The molecule has 0 aliphatic carbocycles. The summed E-state index contributed by atoms with van der Waals surface area (Å²) in [5.41, 5.74) is 3.34. The summed E-state index contributed by atoms with van der Waals surface area (Å²) in [6.07, 6.45) is 6.44. The largest absolute Gasteiger partial charge is 0.306 e. The topological polar surface area (TPSA) is 20.3 Å². The SMILES string of the molecule is C=CCC(=O)CCC.CN1CCC(Cc2ccccc2C(C)(C)C)C1. The highest BCUT2D eigenvalue weighted by Crippen LogP contribution is 2.29. The van der Waals surface area contributed by atoms with Crippen molar-refractivity contribution in [3.63, 3.8) is 0 Å². The minimum absolute atomic E-state index is 0.265. The number of rotatable bonds is 6. The van der Waals surface area contributed by atoms with E-state index in [0.29, 0.717) is 18.6 Å². The van der Waals surface area contributed by atoms with E-state index in [1.807, 2.05) is 6.92 Å². The summed E-state index contributed by atoms with van der Waals surface area (Å²) in [6, 6.07) is 8.97. The molecule has 1 aromatic rings. The van der Waals surface area contributed by atoms with Gasteiger partial charge in [-0.15, -0.1) is 6.58 Å². The van der Waals surface area contributed by atoms with Gasteiger partial charge in [0.25, 0.3) is 0 Å². The lowest BCUT2D eigenvalue weighted by molar-refractivity contribution is -0.118. The third-order valence-corrected chi connectivity index (χ3v) is 4.72. The molecule has 0 bridgehead atoms. The Kier molecular flexibility index (Phi) is 9.13. The van der Waals surface area contributed by atoms with Gasteiger partial charge in [-0.3, -0.25) is 4.79 Å². The third kappa shape index (κ3) is 8.00. The molecule has 1 aliphatic rings. The number of ketones is 1. The Bertz CT molecular complexity index is 541. The first-order valence-corrected chi connectivity index (χ1v) is 9.67. The van der Waals surface area contributed by atoms with Gasteiger partial charge in [-0.2, -0.15) is 0 Å². The van der Waals surface area contributed by atoms with Crippen molar-refractivity contribution in [1.29, 1.82) is 0 Å². The van der Waals surface area contributed by atoms with Gasteiger partial charge in [0.2, 0.25) is 0 Å².